The number of carbonyl (C=O) groups is 1. The monoisotopic (exact) mass is 1030 g/mol. The minimum absolute atomic E-state index is 0.0166. The number of nitrogens with one attached hydrogen (secondary N) is 1. The molecule has 10 atom stereocenters. The molecule has 13 nitrogen and oxygen atoms in total. The third kappa shape index (κ3) is 16.0. The summed E-state index contributed by atoms with van der Waals surface area (Å²) in [5.41, 5.74) is 6.60. The number of alkyl carbamates (subject to hydrolysis) is 1. The van der Waals surface area contributed by atoms with E-state index in [9.17, 15) is 0 Å². The van der Waals surface area contributed by atoms with Crippen LogP contribution < -0.4 is 5.32 Å². The van der Waals surface area contributed by atoms with Gasteiger partial charge in [-0.3, -0.25) is 5.32 Å². The SMILES string of the molecule is CO[C@@H]1O[C@H](COCc2ccccc2)[C@@H](OC(=O)N[C@H]2O[C@H](COCc3ccccc3)[C@@H](OCc3ccccc3)[C@H](OCc3ccccc3)[C@H]2OCc2ccccc2)[C@H](OCc2ccccc2)[C@H]1OCc1ccccc1. The minimum atomic E-state index is -1.16. The van der Waals surface area contributed by atoms with Gasteiger partial charge in [0.1, 0.15) is 42.7 Å². The first-order valence-electron chi connectivity index (χ1n) is 25.9. The van der Waals surface area contributed by atoms with E-state index < -0.39 is 67.4 Å². The van der Waals surface area contributed by atoms with Gasteiger partial charge < -0.3 is 52.1 Å². The van der Waals surface area contributed by atoms with E-state index in [1.165, 1.54) is 0 Å². The Kier molecular flexibility index (Phi) is 20.7. The number of ether oxygens (including phenoxy) is 11. The number of hydrogen-bond donors (Lipinski definition) is 1. The van der Waals surface area contributed by atoms with E-state index in [2.05, 4.69) is 5.32 Å². The van der Waals surface area contributed by atoms with Crippen molar-refractivity contribution >= 4 is 6.09 Å². The van der Waals surface area contributed by atoms with Gasteiger partial charge in [-0.1, -0.05) is 212 Å². The molecule has 0 aromatic heterocycles. The lowest BCUT2D eigenvalue weighted by Crippen LogP contribution is -2.66. The Hall–Kier alpha value is -6.59. The molecule has 0 spiro atoms. The Labute approximate surface area is 445 Å². The van der Waals surface area contributed by atoms with Crippen LogP contribution in [0.2, 0.25) is 0 Å². The lowest BCUT2D eigenvalue weighted by molar-refractivity contribution is -0.315. The Morgan fingerprint density at radius 3 is 1.04 bits per heavy atom. The summed E-state index contributed by atoms with van der Waals surface area (Å²) in [6.07, 6.45) is -9.96. The molecule has 2 aliphatic rings. The van der Waals surface area contributed by atoms with E-state index in [1.807, 2.05) is 212 Å². The Balaban J connectivity index is 1.04. The third-order valence-electron chi connectivity index (χ3n) is 13.2. The summed E-state index contributed by atoms with van der Waals surface area (Å²) in [5, 5.41) is 3.08. The molecular formula is C63H67NO12. The Morgan fingerprint density at radius 2 is 0.671 bits per heavy atom. The quantitative estimate of drug-likeness (QED) is 0.0554. The summed E-state index contributed by atoms with van der Waals surface area (Å²) >= 11 is 0. The average Bonchev–Trinajstić information content (AvgIpc) is 3.48. The van der Waals surface area contributed by atoms with Gasteiger partial charge in [-0.15, -0.1) is 0 Å². The maximum atomic E-state index is 15.1. The van der Waals surface area contributed by atoms with Crippen LogP contribution in [0, 0.1) is 0 Å². The van der Waals surface area contributed by atoms with Crippen LogP contribution in [-0.4, -0.2) is 87.8 Å². The molecule has 0 unspecified atom stereocenters. The first-order chi connectivity index (χ1) is 37.6. The molecule has 0 aliphatic carbocycles. The van der Waals surface area contributed by atoms with Crippen molar-refractivity contribution in [1.29, 1.82) is 0 Å². The second-order valence-corrected chi connectivity index (χ2v) is 18.7. The van der Waals surface area contributed by atoms with E-state index in [4.69, 9.17) is 52.1 Å². The summed E-state index contributed by atoms with van der Waals surface area (Å²) in [5.74, 6) is 0. The topological polar surface area (TPSA) is 131 Å². The van der Waals surface area contributed by atoms with Crippen LogP contribution in [0.4, 0.5) is 4.79 Å². The lowest BCUT2D eigenvalue weighted by atomic mass is 9.96. The molecule has 2 fully saturated rings. The molecule has 0 radical (unpaired) electrons. The number of methoxy groups -OCH3 is 1. The van der Waals surface area contributed by atoms with Gasteiger partial charge in [0.15, 0.2) is 18.6 Å². The second kappa shape index (κ2) is 29.1. The van der Waals surface area contributed by atoms with Crippen molar-refractivity contribution < 1.29 is 56.9 Å². The zero-order valence-electron chi connectivity index (χ0n) is 42.7. The molecule has 76 heavy (non-hydrogen) atoms. The lowest BCUT2D eigenvalue weighted by Gasteiger charge is -2.47. The van der Waals surface area contributed by atoms with Crippen LogP contribution >= 0.6 is 0 Å². The van der Waals surface area contributed by atoms with Crippen LogP contribution in [0.5, 0.6) is 0 Å². The van der Waals surface area contributed by atoms with Gasteiger partial charge in [-0.25, -0.2) is 4.79 Å². The summed E-state index contributed by atoms with van der Waals surface area (Å²) in [6, 6.07) is 68.9. The van der Waals surface area contributed by atoms with E-state index in [-0.39, 0.29) is 52.9 Å². The van der Waals surface area contributed by atoms with Gasteiger partial charge >= 0.3 is 6.09 Å². The van der Waals surface area contributed by atoms with Gasteiger partial charge in [0, 0.05) is 7.11 Å². The normalized spacial score (nSPS) is 23.4. The fourth-order valence-corrected chi connectivity index (χ4v) is 9.29. The molecule has 396 valence electrons. The summed E-state index contributed by atoms with van der Waals surface area (Å²) in [7, 11) is 1.55. The molecule has 9 rings (SSSR count). The fraction of sp³-hybridized carbons (Fsp3) is 0.317. The number of rotatable bonds is 26. The van der Waals surface area contributed by atoms with Crippen LogP contribution in [-0.2, 0) is 98.4 Å². The molecule has 2 aliphatic heterocycles. The van der Waals surface area contributed by atoms with Crippen molar-refractivity contribution in [3.63, 3.8) is 0 Å². The summed E-state index contributed by atoms with van der Waals surface area (Å²) in [4.78, 5) is 15.1. The standard InChI is InChI=1S/C63H67NO12/c1-66-62-60(73-43-52-35-21-8-22-36-52)58(71-41-50-31-17-6-18-32-50)56(54(75-62)45-68-38-47-25-11-3-12-26-47)76-63(65)64-61-59(72-42-51-33-19-7-20-34-51)57(70-40-49-29-15-5-16-30-49)55(69-39-48-27-13-4-14-28-48)53(74-61)44-67-37-46-23-9-2-10-24-46/h2-36,53-62H,37-45H2,1H3,(H,64,65)/t53-,54-,55-,56-,57+,58+,59-,60-,61+,62-/m1/s1. The molecule has 0 saturated carbocycles. The number of carbonyl (C=O) groups excluding carboxylic acids is 1. The second-order valence-electron chi connectivity index (χ2n) is 18.7. The molecular weight excluding hydrogens is 963 g/mol. The number of benzene rings is 7. The van der Waals surface area contributed by atoms with Crippen molar-refractivity contribution in [3.05, 3.63) is 251 Å². The average molecular weight is 1030 g/mol. The number of hydrogen-bond acceptors (Lipinski definition) is 12. The van der Waals surface area contributed by atoms with Crippen LogP contribution in [0.1, 0.15) is 38.9 Å². The molecule has 7 aromatic rings. The molecule has 2 saturated heterocycles. The molecule has 1 amide bonds. The predicted molar refractivity (Wildman–Crippen MR) is 285 cm³/mol. The van der Waals surface area contributed by atoms with Gasteiger partial charge in [0.25, 0.3) is 0 Å². The Morgan fingerprint density at radius 1 is 0.368 bits per heavy atom. The highest BCUT2D eigenvalue weighted by atomic mass is 16.7. The highest BCUT2D eigenvalue weighted by Crippen LogP contribution is 2.33. The first-order valence-corrected chi connectivity index (χ1v) is 25.9. The predicted octanol–water partition coefficient (Wildman–Crippen LogP) is 10.5. The van der Waals surface area contributed by atoms with Crippen molar-refractivity contribution in [2.24, 2.45) is 0 Å². The van der Waals surface area contributed by atoms with Crippen molar-refractivity contribution in [2.45, 2.75) is 108 Å². The maximum absolute atomic E-state index is 15.1. The number of amides is 1. The van der Waals surface area contributed by atoms with E-state index >= 15 is 4.79 Å². The van der Waals surface area contributed by atoms with E-state index in [1.54, 1.807) is 7.11 Å². The minimum Gasteiger partial charge on any atom is -0.440 e. The zero-order chi connectivity index (χ0) is 52.0. The Bertz CT molecular complexity index is 2700. The van der Waals surface area contributed by atoms with Crippen molar-refractivity contribution in [1.82, 2.24) is 5.32 Å². The van der Waals surface area contributed by atoms with Gasteiger partial charge in [-0.05, 0) is 38.9 Å². The van der Waals surface area contributed by atoms with Gasteiger partial charge in [-0.2, -0.15) is 0 Å². The van der Waals surface area contributed by atoms with E-state index in [0.29, 0.717) is 6.61 Å². The van der Waals surface area contributed by atoms with Gasteiger partial charge in [0.05, 0.1) is 59.5 Å². The molecule has 0 bridgehead atoms. The largest absolute Gasteiger partial charge is 0.440 e. The van der Waals surface area contributed by atoms with Crippen molar-refractivity contribution in [3.8, 4) is 0 Å². The third-order valence-corrected chi connectivity index (χ3v) is 13.2. The zero-order valence-corrected chi connectivity index (χ0v) is 42.7. The van der Waals surface area contributed by atoms with Crippen molar-refractivity contribution in [2.75, 3.05) is 20.3 Å². The van der Waals surface area contributed by atoms with Crippen LogP contribution in [0.15, 0.2) is 212 Å². The molecule has 2 heterocycles. The summed E-state index contributed by atoms with van der Waals surface area (Å²) in [6.45, 7) is 1.70. The molecule has 13 heteroatoms. The summed E-state index contributed by atoms with van der Waals surface area (Å²) < 4.78 is 73.2. The first kappa shape index (κ1) is 54.2. The molecule has 1 N–H and O–H groups in total. The van der Waals surface area contributed by atoms with Crippen LogP contribution in [0.25, 0.3) is 0 Å². The van der Waals surface area contributed by atoms with E-state index in [0.717, 1.165) is 38.9 Å². The van der Waals surface area contributed by atoms with Crippen LogP contribution in [0.3, 0.4) is 0 Å². The smallest absolute Gasteiger partial charge is 0.409 e. The maximum Gasteiger partial charge on any atom is 0.409 e. The molecule has 7 aromatic carbocycles. The highest BCUT2D eigenvalue weighted by Gasteiger charge is 2.52. The van der Waals surface area contributed by atoms with Gasteiger partial charge in [0.2, 0.25) is 0 Å². The fourth-order valence-electron chi connectivity index (χ4n) is 9.29. The highest BCUT2D eigenvalue weighted by molar-refractivity contribution is 5.68.